The van der Waals surface area contributed by atoms with Crippen LogP contribution in [0.1, 0.15) is 0 Å². The fourth-order valence-electron chi connectivity index (χ4n) is 5.24. The number of carbonyl (C=O) groups excluding carboxylic acids is 2. The summed E-state index contributed by atoms with van der Waals surface area (Å²) in [7, 11) is -8.69. The first-order chi connectivity index (χ1) is 23.8. The van der Waals surface area contributed by atoms with Gasteiger partial charge in [0.25, 0.3) is 31.4 Å². The summed E-state index contributed by atoms with van der Waals surface area (Å²) in [5.41, 5.74) is -0.926. The second-order valence-corrected chi connectivity index (χ2v) is 14.7. The number of hydrogen-bond donors (Lipinski definition) is 0. The smallest absolute Gasteiger partial charge is 0.271 e. The van der Waals surface area contributed by atoms with E-state index >= 15 is 0 Å². The van der Waals surface area contributed by atoms with Gasteiger partial charge in [-0.15, -0.1) is 0 Å². The van der Waals surface area contributed by atoms with Gasteiger partial charge in [-0.25, -0.2) is 16.8 Å². The molecule has 2 amide bonds. The Kier molecular flexibility index (Phi) is 10.4. The van der Waals surface area contributed by atoms with Crippen molar-refractivity contribution in [2.45, 2.75) is 9.79 Å². The minimum atomic E-state index is -4.35. The minimum Gasteiger partial charge on any atom is -0.338 e. The normalized spacial score (nSPS) is 13.4. The maximum atomic E-state index is 13.7. The Hall–Kier alpha value is -5.88. The predicted molar refractivity (Wildman–Crippen MR) is 181 cm³/mol. The van der Waals surface area contributed by atoms with Gasteiger partial charge in [0.05, 0.1) is 31.0 Å². The molecule has 16 nitrogen and oxygen atoms in total. The summed E-state index contributed by atoms with van der Waals surface area (Å²) in [6.07, 6.45) is 0. The van der Waals surface area contributed by atoms with Gasteiger partial charge in [0.1, 0.15) is 13.1 Å². The third-order valence-electron chi connectivity index (χ3n) is 7.86. The predicted octanol–water partition coefficient (Wildman–Crippen LogP) is 3.26. The molecule has 0 N–H and O–H groups in total. The summed E-state index contributed by atoms with van der Waals surface area (Å²) in [5, 5.41) is 22.9. The number of rotatable bonds is 12. The van der Waals surface area contributed by atoms with Crippen LogP contribution < -0.4 is 8.61 Å². The molecule has 50 heavy (non-hydrogen) atoms. The Balaban J connectivity index is 1.33. The largest absolute Gasteiger partial charge is 0.338 e. The van der Waals surface area contributed by atoms with Crippen LogP contribution in [0.3, 0.4) is 0 Å². The Bertz CT molecular complexity index is 1970. The molecule has 0 aromatic heterocycles. The van der Waals surface area contributed by atoms with Gasteiger partial charge >= 0.3 is 0 Å². The lowest BCUT2D eigenvalue weighted by Gasteiger charge is -2.37. The fourth-order valence-corrected chi connectivity index (χ4v) is 8.10. The van der Waals surface area contributed by atoms with Crippen molar-refractivity contribution < 1.29 is 36.3 Å². The number of nitro groups is 2. The molecule has 0 atom stereocenters. The maximum Gasteiger partial charge on any atom is 0.271 e. The van der Waals surface area contributed by atoms with Crippen LogP contribution in [-0.4, -0.2) is 87.6 Å². The highest BCUT2D eigenvalue weighted by atomic mass is 32.2. The molecule has 4 aromatic carbocycles. The first-order valence-corrected chi connectivity index (χ1v) is 17.9. The molecule has 5 rings (SSSR count). The van der Waals surface area contributed by atoms with Crippen molar-refractivity contribution in [1.29, 1.82) is 0 Å². The number of piperazine rings is 1. The van der Waals surface area contributed by atoms with E-state index in [9.17, 15) is 46.7 Å². The average Bonchev–Trinajstić information content (AvgIpc) is 3.13. The number of anilines is 2. The molecule has 18 heteroatoms. The molecule has 0 saturated carbocycles. The number of amides is 2. The molecule has 1 aliphatic heterocycles. The Labute approximate surface area is 287 Å². The van der Waals surface area contributed by atoms with Gasteiger partial charge in [-0.2, -0.15) is 0 Å². The highest BCUT2D eigenvalue weighted by Crippen LogP contribution is 2.29. The number of nitro benzene ring substituents is 2. The zero-order valence-electron chi connectivity index (χ0n) is 26.2. The van der Waals surface area contributed by atoms with Crippen molar-refractivity contribution in [3.05, 3.63) is 129 Å². The lowest BCUT2D eigenvalue weighted by Crippen LogP contribution is -2.55. The van der Waals surface area contributed by atoms with Crippen LogP contribution in [0.4, 0.5) is 22.7 Å². The van der Waals surface area contributed by atoms with E-state index in [1.165, 1.54) is 94.7 Å². The van der Waals surface area contributed by atoms with Gasteiger partial charge in [-0.1, -0.05) is 48.5 Å². The average molecular weight is 723 g/mol. The monoisotopic (exact) mass is 722 g/mol. The SMILES string of the molecule is O=C(CN(c1cccc([N+](=O)[O-])c1)S(=O)(=O)c1ccccc1)N1CCN(C(=O)CN(c2cccc([N+](=O)[O-])c2)S(=O)(=O)c2ccccc2)CC1. The minimum absolute atomic E-state index is 0.0268. The standard InChI is InChI=1S/C32H30N6O10S2/c39-31(23-35(25-9-7-11-27(21-25)37(41)42)49(45,46)29-13-3-1-4-14-29)33-17-19-34(20-18-33)32(40)24-36(26-10-8-12-28(22-26)38(43)44)50(47,48)30-15-5-2-6-16-30/h1-16,21-22H,17-20,23-24H2. The van der Waals surface area contributed by atoms with Crippen LogP contribution in [0, 0.1) is 20.2 Å². The summed E-state index contributed by atoms with van der Waals surface area (Å²) in [6.45, 7) is -1.49. The molecule has 4 aromatic rings. The van der Waals surface area contributed by atoms with Crippen molar-refractivity contribution in [2.24, 2.45) is 0 Å². The number of hydrogen-bond acceptors (Lipinski definition) is 10. The van der Waals surface area contributed by atoms with Crippen LogP contribution in [0.5, 0.6) is 0 Å². The Morgan fingerprint density at radius 3 is 1.22 bits per heavy atom. The van der Waals surface area contributed by atoms with Gasteiger partial charge in [-0.05, 0) is 36.4 Å². The molecule has 0 aliphatic carbocycles. The zero-order valence-corrected chi connectivity index (χ0v) is 27.9. The van der Waals surface area contributed by atoms with Crippen LogP contribution in [0.15, 0.2) is 119 Å². The molecule has 1 saturated heterocycles. The molecular weight excluding hydrogens is 693 g/mol. The summed E-state index contributed by atoms with van der Waals surface area (Å²) in [6, 6.07) is 24.4. The van der Waals surface area contributed by atoms with E-state index in [0.717, 1.165) is 20.7 Å². The van der Waals surface area contributed by atoms with Crippen LogP contribution in [0.2, 0.25) is 0 Å². The summed E-state index contributed by atoms with van der Waals surface area (Å²) in [4.78, 5) is 51.0. The molecule has 0 spiro atoms. The number of sulfonamides is 2. The van der Waals surface area contributed by atoms with Gasteiger partial charge < -0.3 is 9.80 Å². The van der Waals surface area contributed by atoms with Gasteiger partial charge in [0, 0.05) is 50.4 Å². The molecule has 1 aliphatic rings. The van der Waals surface area contributed by atoms with E-state index in [-0.39, 0.29) is 58.7 Å². The quantitative estimate of drug-likeness (QED) is 0.154. The lowest BCUT2D eigenvalue weighted by atomic mass is 10.2. The zero-order chi connectivity index (χ0) is 36.1. The van der Waals surface area contributed by atoms with Crippen molar-refractivity contribution >= 4 is 54.6 Å². The van der Waals surface area contributed by atoms with Crippen molar-refractivity contribution in [1.82, 2.24) is 9.80 Å². The van der Waals surface area contributed by atoms with Crippen LogP contribution >= 0.6 is 0 Å². The second kappa shape index (κ2) is 14.7. The molecule has 1 heterocycles. The highest BCUT2D eigenvalue weighted by Gasteiger charge is 2.34. The Morgan fingerprint density at radius 1 is 0.560 bits per heavy atom. The number of non-ortho nitro benzene ring substituents is 2. The van der Waals surface area contributed by atoms with Crippen molar-refractivity contribution in [3.63, 3.8) is 0 Å². The van der Waals surface area contributed by atoms with E-state index in [1.54, 1.807) is 12.1 Å². The van der Waals surface area contributed by atoms with Gasteiger partial charge in [-0.3, -0.25) is 38.4 Å². The Morgan fingerprint density at radius 2 is 0.900 bits per heavy atom. The molecule has 260 valence electrons. The van der Waals surface area contributed by atoms with E-state index < -0.39 is 54.8 Å². The third-order valence-corrected chi connectivity index (χ3v) is 11.4. The van der Waals surface area contributed by atoms with Crippen molar-refractivity contribution in [3.8, 4) is 0 Å². The third kappa shape index (κ3) is 7.71. The van der Waals surface area contributed by atoms with Crippen molar-refractivity contribution in [2.75, 3.05) is 47.9 Å². The highest BCUT2D eigenvalue weighted by molar-refractivity contribution is 7.93. The van der Waals surface area contributed by atoms with Crippen LogP contribution in [-0.2, 0) is 29.6 Å². The summed E-state index contributed by atoms with van der Waals surface area (Å²) in [5.74, 6) is -1.26. The van der Waals surface area contributed by atoms with Crippen LogP contribution in [0.25, 0.3) is 0 Å². The summed E-state index contributed by atoms with van der Waals surface area (Å²) < 4.78 is 56.3. The topological polar surface area (TPSA) is 202 Å². The first-order valence-electron chi connectivity index (χ1n) is 15.0. The summed E-state index contributed by atoms with van der Waals surface area (Å²) >= 11 is 0. The van der Waals surface area contributed by atoms with E-state index in [1.807, 2.05) is 0 Å². The molecule has 1 fully saturated rings. The number of nitrogens with zero attached hydrogens (tertiary/aromatic N) is 6. The molecule has 0 radical (unpaired) electrons. The fraction of sp³-hybridized carbons (Fsp3) is 0.188. The first kappa shape index (κ1) is 35.4. The van der Waals surface area contributed by atoms with E-state index in [4.69, 9.17) is 0 Å². The van der Waals surface area contributed by atoms with E-state index in [0.29, 0.717) is 0 Å². The molecule has 0 unspecified atom stereocenters. The van der Waals surface area contributed by atoms with Gasteiger partial charge in [0.15, 0.2) is 0 Å². The van der Waals surface area contributed by atoms with E-state index in [2.05, 4.69) is 0 Å². The maximum absolute atomic E-state index is 13.7. The molecular formula is C32H30N6O10S2. The molecule has 0 bridgehead atoms. The number of carbonyl (C=O) groups is 2. The second-order valence-electron chi connectivity index (χ2n) is 11.0. The lowest BCUT2D eigenvalue weighted by molar-refractivity contribution is -0.385. The number of benzene rings is 4. The van der Waals surface area contributed by atoms with Gasteiger partial charge in [0.2, 0.25) is 11.8 Å².